The van der Waals surface area contributed by atoms with Crippen LogP contribution in [-0.4, -0.2) is 8.41 Å². The van der Waals surface area contributed by atoms with E-state index in [0.717, 1.165) is 0 Å². The molecule has 0 amide bonds. The zero-order valence-electron chi connectivity index (χ0n) is 7.76. The van der Waals surface area contributed by atoms with Gasteiger partial charge in [-0.2, -0.15) is 0 Å². The fourth-order valence-corrected chi connectivity index (χ4v) is 1.26. The monoisotopic (exact) mass is 245 g/mol. The molecule has 0 aliphatic rings. The van der Waals surface area contributed by atoms with Gasteiger partial charge >= 0.3 is 0 Å². The Morgan fingerprint density at radius 3 is 1.07 bits per heavy atom. The Kier molecular flexibility index (Phi) is 5.97. The third-order valence-electron chi connectivity index (χ3n) is 1.88. The fourth-order valence-electron chi connectivity index (χ4n) is 1.26. The highest BCUT2D eigenvalue weighted by Crippen LogP contribution is 2.17. The second-order valence-corrected chi connectivity index (χ2v) is 2.73. The van der Waals surface area contributed by atoms with Crippen LogP contribution in [0.4, 0.5) is 0 Å². The molecule has 0 fully saturated rings. The molecule has 69 valence electrons. The second kappa shape index (κ2) is 6.44. The summed E-state index contributed by atoms with van der Waals surface area (Å²) >= 11 is 0. The minimum absolute atomic E-state index is 0. The van der Waals surface area contributed by atoms with Gasteiger partial charge in [0, 0.05) is 8.41 Å². The Balaban J connectivity index is 0.000000845. The van der Waals surface area contributed by atoms with Gasteiger partial charge < -0.3 is 0 Å². The van der Waals surface area contributed by atoms with E-state index in [1.807, 2.05) is 12.1 Å². The second-order valence-electron chi connectivity index (χ2n) is 2.73. The quantitative estimate of drug-likeness (QED) is 0.675. The molecule has 2 aromatic rings. The SMILES string of the molecule is Br.[B].c1ccc(-c2ccccc2)cc1. The van der Waals surface area contributed by atoms with Crippen LogP contribution in [0.1, 0.15) is 0 Å². The molecule has 0 unspecified atom stereocenters. The molecule has 2 rings (SSSR count). The van der Waals surface area contributed by atoms with Crippen LogP contribution in [0.2, 0.25) is 0 Å². The van der Waals surface area contributed by atoms with Crippen molar-refractivity contribution in [1.82, 2.24) is 0 Å². The van der Waals surface area contributed by atoms with Gasteiger partial charge in [0.25, 0.3) is 0 Å². The maximum absolute atomic E-state index is 2.12. The third kappa shape index (κ3) is 3.04. The molecule has 0 saturated heterocycles. The van der Waals surface area contributed by atoms with Gasteiger partial charge in [-0.25, -0.2) is 0 Å². The summed E-state index contributed by atoms with van der Waals surface area (Å²) in [5, 5.41) is 0. The molecule has 0 heterocycles. The van der Waals surface area contributed by atoms with Crippen LogP contribution in [0.3, 0.4) is 0 Å². The van der Waals surface area contributed by atoms with E-state index in [-0.39, 0.29) is 25.4 Å². The van der Waals surface area contributed by atoms with Crippen LogP contribution in [0, 0.1) is 0 Å². The lowest BCUT2D eigenvalue weighted by molar-refractivity contribution is 1.62. The van der Waals surface area contributed by atoms with Crippen molar-refractivity contribution >= 4 is 25.4 Å². The van der Waals surface area contributed by atoms with E-state index in [0.29, 0.717) is 0 Å². The van der Waals surface area contributed by atoms with Crippen LogP contribution in [0.5, 0.6) is 0 Å². The van der Waals surface area contributed by atoms with Crippen LogP contribution in [0.15, 0.2) is 60.7 Å². The Morgan fingerprint density at radius 1 is 0.500 bits per heavy atom. The molecule has 0 N–H and O–H groups in total. The first-order valence-corrected chi connectivity index (χ1v) is 4.07. The lowest BCUT2D eigenvalue weighted by Crippen LogP contribution is -1.73. The molecule has 0 bridgehead atoms. The van der Waals surface area contributed by atoms with Crippen LogP contribution in [0.25, 0.3) is 11.1 Å². The molecule has 0 aliphatic carbocycles. The Hall–Kier alpha value is -1.02. The topological polar surface area (TPSA) is 0 Å². The lowest BCUT2D eigenvalue weighted by Gasteiger charge is -1.98. The number of hydrogen-bond acceptors (Lipinski definition) is 0. The highest BCUT2D eigenvalue weighted by Gasteiger charge is 1.91. The largest absolute Gasteiger partial charge is 0.114 e. The average molecular weight is 246 g/mol. The smallest absolute Gasteiger partial charge is 0 e. The summed E-state index contributed by atoms with van der Waals surface area (Å²) in [6, 6.07) is 20.8. The summed E-state index contributed by atoms with van der Waals surface area (Å²) < 4.78 is 0. The van der Waals surface area contributed by atoms with Crippen molar-refractivity contribution < 1.29 is 0 Å². The Bertz CT molecular complexity index is 308. The number of benzene rings is 2. The van der Waals surface area contributed by atoms with Gasteiger partial charge in [0.2, 0.25) is 0 Å². The molecule has 3 radical (unpaired) electrons. The first-order valence-electron chi connectivity index (χ1n) is 4.07. The Labute approximate surface area is 97.3 Å². The zero-order chi connectivity index (χ0) is 8.23. The number of halogens is 1. The van der Waals surface area contributed by atoms with E-state index >= 15 is 0 Å². The summed E-state index contributed by atoms with van der Waals surface area (Å²) in [5.74, 6) is 0. The van der Waals surface area contributed by atoms with Gasteiger partial charge in [-0.1, -0.05) is 60.7 Å². The average Bonchev–Trinajstić information content (AvgIpc) is 2.21. The van der Waals surface area contributed by atoms with Gasteiger partial charge in [-0.3, -0.25) is 0 Å². The van der Waals surface area contributed by atoms with E-state index in [1.165, 1.54) is 11.1 Å². The normalized spacial score (nSPS) is 8.29. The molecule has 0 nitrogen and oxygen atoms in total. The van der Waals surface area contributed by atoms with Crippen molar-refractivity contribution in [2.45, 2.75) is 0 Å². The van der Waals surface area contributed by atoms with Gasteiger partial charge in [0.05, 0.1) is 0 Å². The van der Waals surface area contributed by atoms with E-state index in [9.17, 15) is 0 Å². The van der Waals surface area contributed by atoms with E-state index in [1.54, 1.807) is 0 Å². The molecular weight excluding hydrogens is 235 g/mol. The molecule has 2 heteroatoms. The summed E-state index contributed by atoms with van der Waals surface area (Å²) in [7, 11) is 0. The van der Waals surface area contributed by atoms with E-state index in [2.05, 4.69) is 48.5 Å². The fraction of sp³-hybridized carbons (Fsp3) is 0. The molecule has 0 atom stereocenters. The summed E-state index contributed by atoms with van der Waals surface area (Å²) in [5.41, 5.74) is 2.55. The zero-order valence-corrected chi connectivity index (χ0v) is 9.47. The summed E-state index contributed by atoms with van der Waals surface area (Å²) in [6.45, 7) is 0. The summed E-state index contributed by atoms with van der Waals surface area (Å²) in [6.07, 6.45) is 0. The third-order valence-corrected chi connectivity index (χ3v) is 1.88. The van der Waals surface area contributed by atoms with Crippen molar-refractivity contribution in [2.24, 2.45) is 0 Å². The highest BCUT2D eigenvalue weighted by atomic mass is 79.9. The molecule has 0 aromatic heterocycles. The molecule has 0 aliphatic heterocycles. The highest BCUT2D eigenvalue weighted by molar-refractivity contribution is 8.93. The molecule has 0 saturated carbocycles. The molecule has 0 spiro atoms. The molecule has 14 heavy (non-hydrogen) atoms. The Morgan fingerprint density at radius 2 is 0.786 bits per heavy atom. The number of hydrogen-bond donors (Lipinski definition) is 0. The van der Waals surface area contributed by atoms with Crippen LogP contribution in [-0.2, 0) is 0 Å². The van der Waals surface area contributed by atoms with Crippen LogP contribution < -0.4 is 0 Å². The van der Waals surface area contributed by atoms with E-state index in [4.69, 9.17) is 0 Å². The minimum atomic E-state index is 0. The van der Waals surface area contributed by atoms with Crippen molar-refractivity contribution in [3.63, 3.8) is 0 Å². The van der Waals surface area contributed by atoms with Crippen molar-refractivity contribution in [3.8, 4) is 11.1 Å². The van der Waals surface area contributed by atoms with Crippen molar-refractivity contribution in [3.05, 3.63) is 60.7 Å². The predicted molar refractivity (Wildman–Crippen MR) is 68.0 cm³/mol. The van der Waals surface area contributed by atoms with Gasteiger partial charge in [0.1, 0.15) is 0 Å². The van der Waals surface area contributed by atoms with Crippen molar-refractivity contribution in [2.75, 3.05) is 0 Å². The predicted octanol–water partition coefficient (Wildman–Crippen LogP) is 3.55. The molecular formula is C12H11BBr. The first kappa shape index (κ1) is 13.0. The minimum Gasteiger partial charge on any atom is -0.114 e. The van der Waals surface area contributed by atoms with Gasteiger partial charge in [-0.15, -0.1) is 17.0 Å². The number of rotatable bonds is 1. The maximum atomic E-state index is 2.12. The first-order chi connectivity index (χ1) is 5.97. The lowest BCUT2D eigenvalue weighted by atomic mass is 10.1. The standard InChI is InChI=1S/C12H10.B.BrH/c1-3-7-11(8-4-1)12-9-5-2-6-10-12;;/h1-10H;;1H. The van der Waals surface area contributed by atoms with E-state index < -0.39 is 0 Å². The molecule has 2 aromatic carbocycles. The van der Waals surface area contributed by atoms with Crippen molar-refractivity contribution in [1.29, 1.82) is 0 Å². The maximum Gasteiger partial charge on any atom is 0 e. The van der Waals surface area contributed by atoms with Gasteiger partial charge in [0.15, 0.2) is 0 Å². The summed E-state index contributed by atoms with van der Waals surface area (Å²) in [4.78, 5) is 0. The van der Waals surface area contributed by atoms with Gasteiger partial charge in [-0.05, 0) is 11.1 Å². The van der Waals surface area contributed by atoms with Crippen LogP contribution >= 0.6 is 17.0 Å².